The fourth-order valence-electron chi connectivity index (χ4n) is 3.87. The summed E-state index contributed by atoms with van der Waals surface area (Å²) in [4.78, 5) is 18.3. The van der Waals surface area contributed by atoms with Gasteiger partial charge in [-0.2, -0.15) is 5.10 Å². The van der Waals surface area contributed by atoms with Gasteiger partial charge in [0.05, 0.1) is 22.3 Å². The van der Waals surface area contributed by atoms with Gasteiger partial charge in [-0.25, -0.2) is 4.98 Å². The van der Waals surface area contributed by atoms with Crippen LogP contribution in [0.1, 0.15) is 21.7 Å². The smallest absolute Gasteiger partial charge is 0.256 e. The van der Waals surface area contributed by atoms with Crippen LogP contribution < -0.4 is 5.32 Å². The molecule has 0 aliphatic rings. The van der Waals surface area contributed by atoms with Crippen molar-refractivity contribution in [2.45, 2.75) is 13.8 Å². The van der Waals surface area contributed by atoms with Gasteiger partial charge < -0.3 is 9.84 Å². The van der Waals surface area contributed by atoms with Crippen molar-refractivity contribution in [2.75, 3.05) is 5.32 Å². The van der Waals surface area contributed by atoms with Crippen molar-refractivity contribution in [1.82, 2.24) is 19.9 Å². The highest BCUT2D eigenvalue weighted by Crippen LogP contribution is 2.32. The number of anilines is 1. The molecule has 5 aromatic rings. The second-order valence-corrected chi connectivity index (χ2v) is 7.62. The van der Waals surface area contributed by atoms with Crippen molar-refractivity contribution in [3.05, 3.63) is 83.7 Å². The van der Waals surface area contributed by atoms with E-state index in [1.165, 1.54) is 0 Å². The Kier molecular flexibility index (Phi) is 4.78. The van der Waals surface area contributed by atoms with Crippen LogP contribution >= 0.6 is 0 Å². The van der Waals surface area contributed by atoms with Gasteiger partial charge in [0.15, 0.2) is 11.4 Å². The van der Waals surface area contributed by atoms with E-state index in [4.69, 9.17) is 9.51 Å². The van der Waals surface area contributed by atoms with E-state index in [1.807, 2.05) is 80.7 Å². The lowest BCUT2D eigenvalue weighted by Crippen LogP contribution is -2.14. The van der Waals surface area contributed by atoms with Crippen LogP contribution in [0.15, 0.2) is 71.3 Å². The predicted octanol–water partition coefficient (Wildman–Crippen LogP) is 5.16. The van der Waals surface area contributed by atoms with E-state index in [2.05, 4.69) is 15.6 Å². The Morgan fingerprint density at radius 1 is 0.938 bits per heavy atom. The van der Waals surface area contributed by atoms with E-state index in [0.29, 0.717) is 34.0 Å². The Morgan fingerprint density at radius 2 is 1.59 bits per heavy atom. The first kappa shape index (κ1) is 19.7. The fraction of sp³-hybridized carbons (Fsp3) is 0.120. The van der Waals surface area contributed by atoms with Crippen LogP contribution in [-0.2, 0) is 7.05 Å². The Morgan fingerprint density at radius 3 is 2.28 bits per heavy atom. The summed E-state index contributed by atoms with van der Waals surface area (Å²) >= 11 is 0. The van der Waals surface area contributed by atoms with Crippen LogP contribution in [-0.4, -0.2) is 25.8 Å². The molecule has 7 nitrogen and oxygen atoms in total. The van der Waals surface area contributed by atoms with E-state index in [-0.39, 0.29) is 5.91 Å². The number of aryl methyl sites for hydroxylation is 3. The van der Waals surface area contributed by atoms with Crippen molar-refractivity contribution >= 4 is 22.6 Å². The Labute approximate surface area is 184 Å². The summed E-state index contributed by atoms with van der Waals surface area (Å²) in [5.41, 5.74) is 5.52. The molecule has 3 heterocycles. The molecule has 0 atom stereocenters. The Balaban J connectivity index is 1.63. The third-order valence-electron chi connectivity index (χ3n) is 5.42. The number of amides is 1. The van der Waals surface area contributed by atoms with Crippen molar-refractivity contribution < 1.29 is 9.32 Å². The molecule has 3 aromatic heterocycles. The van der Waals surface area contributed by atoms with Gasteiger partial charge in [-0.15, -0.1) is 0 Å². The van der Waals surface area contributed by atoms with E-state index in [1.54, 1.807) is 11.6 Å². The number of nitrogens with one attached hydrogen (secondary N) is 1. The Bertz CT molecular complexity index is 1440. The number of rotatable bonds is 4. The lowest BCUT2D eigenvalue weighted by Gasteiger charge is -2.10. The molecule has 0 unspecified atom stereocenters. The molecule has 1 N–H and O–H groups in total. The number of nitrogens with zero attached hydrogens (tertiary/aromatic N) is 4. The maximum Gasteiger partial charge on any atom is 0.256 e. The third kappa shape index (κ3) is 3.33. The van der Waals surface area contributed by atoms with Gasteiger partial charge >= 0.3 is 0 Å². The first-order valence-electron chi connectivity index (χ1n) is 10.3. The highest BCUT2D eigenvalue weighted by Gasteiger charge is 2.23. The molecule has 0 fully saturated rings. The SMILES string of the molecule is Cc1noc(-c2ccccc2)c1NC(=O)c1cc(-c2ccccc2)nc2c1c(C)nn2C. The van der Waals surface area contributed by atoms with Crippen LogP contribution in [0.3, 0.4) is 0 Å². The summed E-state index contributed by atoms with van der Waals surface area (Å²) < 4.78 is 7.24. The summed E-state index contributed by atoms with van der Waals surface area (Å²) in [6.45, 7) is 3.68. The number of hydrogen-bond donors (Lipinski definition) is 1. The molecule has 32 heavy (non-hydrogen) atoms. The Hall–Kier alpha value is -4.26. The van der Waals surface area contributed by atoms with E-state index >= 15 is 0 Å². The molecule has 0 spiro atoms. The van der Waals surface area contributed by atoms with Gasteiger partial charge in [-0.3, -0.25) is 9.48 Å². The topological polar surface area (TPSA) is 85.8 Å². The second-order valence-electron chi connectivity index (χ2n) is 7.62. The van der Waals surface area contributed by atoms with Gasteiger partial charge in [-0.1, -0.05) is 65.8 Å². The van der Waals surface area contributed by atoms with E-state index in [0.717, 1.165) is 22.2 Å². The van der Waals surface area contributed by atoms with Gasteiger partial charge in [0.1, 0.15) is 11.4 Å². The van der Waals surface area contributed by atoms with Crippen LogP contribution in [0.4, 0.5) is 5.69 Å². The number of carbonyl (C=O) groups is 1. The number of hydrogen-bond acceptors (Lipinski definition) is 5. The van der Waals surface area contributed by atoms with Gasteiger partial charge in [0.25, 0.3) is 5.91 Å². The summed E-state index contributed by atoms with van der Waals surface area (Å²) in [5, 5.41) is 12.3. The first-order chi connectivity index (χ1) is 15.5. The molecule has 0 saturated heterocycles. The molecule has 1 amide bonds. The largest absolute Gasteiger partial charge is 0.354 e. The fourth-order valence-corrected chi connectivity index (χ4v) is 3.87. The summed E-state index contributed by atoms with van der Waals surface area (Å²) in [5.74, 6) is 0.252. The van der Waals surface area contributed by atoms with Crippen molar-refractivity contribution in [3.63, 3.8) is 0 Å². The second kappa shape index (κ2) is 7.77. The molecule has 7 heteroatoms. The molecular formula is C25H21N5O2. The standard InChI is InChI=1S/C25H21N5O2/c1-15-21-19(14-20(17-10-6-4-7-11-17)26-24(21)30(3)28-15)25(31)27-22-16(2)29-32-23(22)18-12-8-5-9-13-18/h4-14H,1-3H3,(H,27,31). The monoisotopic (exact) mass is 423 g/mol. The normalized spacial score (nSPS) is 11.1. The lowest BCUT2D eigenvalue weighted by molar-refractivity contribution is 0.102. The van der Waals surface area contributed by atoms with Crippen LogP contribution in [0.25, 0.3) is 33.6 Å². The van der Waals surface area contributed by atoms with Gasteiger partial charge in [-0.05, 0) is 19.9 Å². The molecule has 0 aliphatic heterocycles. The molecule has 0 bridgehead atoms. The minimum Gasteiger partial charge on any atom is -0.354 e. The summed E-state index contributed by atoms with van der Waals surface area (Å²) in [6, 6.07) is 21.2. The third-order valence-corrected chi connectivity index (χ3v) is 5.42. The van der Waals surface area contributed by atoms with Crippen LogP contribution in [0, 0.1) is 13.8 Å². The zero-order valence-electron chi connectivity index (χ0n) is 18.0. The number of carbonyl (C=O) groups excluding carboxylic acids is 1. The van der Waals surface area contributed by atoms with E-state index < -0.39 is 0 Å². The minimum atomic E-state index is -0.269. The number of benzene rings is 2. The molecular weight excluding hydrogens is 402 g/mol. The average Bonchev–Trinajstić information content (AvgIpc) is 3.33. The quantitative estimate of drug-likeness (QED) is 0.432. The summed E-state index contributed by atoms with van der Waals surface area (Å²) in [6.07, 6.45) is 0. The molecule has 0 aliphatic carbocycles. The zero-order chi connectivity index (χ0) is 22.2. The maximum absolute atomic E-state index is 13.6. The van der Waals surface area contributed by atoms with Crippen molar-refractivity contribution in [1.29, 1.82) is 0 Å². The first-order valence-corrected chi connectivity index (χ1v) is 10.3. The van der Waals surface area contributed by atoms with E-state index in [9.17, 15) is 4.79 Å². The number of pyridine rings is 1. The maximum atomic E-state index is 13.6. The van der Waals surface area contributed by atoms with Gasteiger partial charge in [0.2, 0.25) is 0 Å². The van der Waals surface area contributed by atoms with Crippen LogP contribution in [0.2, 0.25) is 0 Å². The number of fused-ring (bicyclic) bond motifs is 1. The molecule has 0 saturated carbocycles. The van der Waals surface area contributed by atoms with Crippen LogP contribution in [0.5, 0.6) is 0 Å². The highest BCUT2D eigenvalue weighted by molar-refractivity contribution is 6.14. The molecule has 2 aromatic carbocycles. The van der Waals surface area contributed by atoms with Crippen molar-refractivity contribution in [3.8, 4) is 22.6 Å². The molecule has 0 radical (unpaired) electrons. The van der Waals surface area contributed by atoms with Crippen molar-refractivity contribution in [2.24, 2.45) is 7.05 Å². The summed E-state index contributed by atoms with van der Waals surface area (Å²) in [7, 11) is 1.83. The minimum absolute atomic E-state index is 0.269. The number of aromatic nitrogens is 4. The zero-order valence-corrected chi connectivity index (χ0v) is 18.0. The average molecular weight is 423 g/mol. The molecule has 158 valence electrons. The van der Waals surface area contributed by atoms with Gasteiger partial charge in [0, 0.05) is 18.2 Å². The molecule has 5 rings (SSSR count). The highest BCUT2D eigenvalue weighted by atomic mass is 16.5. The predicted molar refractivity (Wildman–Crippen MR) is 123 cm³/mol. The lowest BCUT2D eigenvalue weighted by atomic mass is 10.0.